The Morgan fingerprint density at radius 1 is 1.18 bits per heavy atom. The molecule has 1 saturated heterocycles. The predicted molar refractivity (Wildman–Crippen MR) is 110 cm³/mol. The molecular formula is C20H24N2O4S2. The number of aryl methyl sites for hydroxylation is 2. The van der Waals surface area contributed by atoms with Gasteiger partial charge in [-0.05, 0) is 68.9 Å². The van der Waals surface area contributed by atoms with Gasteiger partial charge in [-0.25, -0.2) is 8.42 Å². The molecular weight excluding hydrogens is 396 g/mol. The van der Waals surface area contributed by atoms with Gasteiger partial charge in [-0.15, -0.1) is 11.3 Å². The maximum Gasteiger partial charge on any atom is 0.265 e. The average Bonchev–Trinajstić information content (AvgIpc) is 3.40. The van der Waals surface area contributed by atoms with Crippen molar-refractivity contribution in [1.82, 2.24) is 4.31 Å². The van der Waals surface area contributed by atoms with E-state index < -0.39 is 10.0 Å². The van der Waals surface area contributed by atoms with E-state index in [0.717, 1.165) is 32.1 Å². The van der Waals surface area contributed by atoms with Gasteiger partial charge in [-0.3, -0.25) is 4.79 Å². The van der Waals surface area contributed by atoms with Gasteiger partial charge in [0.15, 0.2) is 0 Å². The molecule has 2 aromatic rings. The topological polar surface area (TPSA) is 75.7 Å². The second kappa shape index (κ2) is 7.85. The summed E-state index contributed by atoms with van der Waals surface area (Å²) in [5, 5.41) is 2.85. The highest BCUT2D eigenvalue weighted by Crippen LogP contribution is 2.33. The Kier molecular flexibility index (Phi) is 5.44. The van der Waals surface area contributed by atoms with Gasteiger partial charge in [0.2, 0.25) is 10.0 Å². The molecule has 0 spiro atoms. The smallest absolute Gasteiger partial charge is 0.265 e. The van der Waals surface area contributed by atoms with E-state index in [1.807, 2.05) is 13.0 Å². The number of thiophene rings is 1. The summed E-state index contributed by atoms with van der Waals surface area (Å²) in [7, 11) is -3.65. The van der Waals surface area contributed by atoms with Crippen LogP contribution in [0.3, 0.4) is 0 Å². The van der Waals surface area contributed by atoms with Gasteiger partial charge in [0.1, 0.15) is 10.6 Å². The third-order valence-corrected chi connectivity index (χ3v) is 8.31. The zero-order chi connectivity index (χ0) is 19.7. The molecule has 0 bridgehead atoms. The molecule has 0 radical (unpaired) electrons. The molecule has 2 aliphatic rings. The highest BCUT2D eigenvalue weighted by atomic mass is 32.2. The number of hydrogen-bond acceptors (Lipinski definition) is 5. The number of anilines is 1. The highest BCUT2D eigenvalue weighted by molar-refractivity contribution is 7.89. The third-order valence-electron chi connectivity index (χ3n) is 5.15. The normalized spacial score (nSPS) is 16.9. The van der Waals surface area contributed by atoms with Crippen LogP contribution in [-0.4, -0.2) is 38.3 Å². The molecule has 28 heavy (non-hydrogen) atoms. The van der Waals surface area contributed by atoms with Crippen molar-refractivity contribution in [3.8, 4) is 5.75 Å². The van der Waals surface area contributed by atoms with E-state index >= 15 is 0 Å². The first-order valence-electron chi connectivity index (χ1n) is 9.69. The molecule has 8 heteroatoms. The van der Waals surface area contributed by atoms with Gasteiger partial charge in [-0.1, -0.05) is 0 Å². The molecule has 1 amide bonds. The lowest BCUT2D eigenvalue weighted by Gasteiger charge is -2.19. The van der Waals surface area contributed by atoms with Gasteiger partial charge in [-0.2, -0.15) is 4.31 Å². The molecule has 0 unspecified atom stereocenters. The Hall–Kier alpha value is -1.90. The summed E-state index contributed by atoms with van der Waals surface area (Å²) in [6.45, 7) is 3.23. The first-order chi connectivity index (χ1) is 13.5. The van der Waals surface area contributed by atoms with Crippen LogP contribution in [0.2, 0.25) is 0 Å². The van der Waals surface area contributed by atoms with Crippen molar-refractivity contribution in [2.75, 3.05) is 25.0 Å². The molecule has 150 valence electrons. The van der Waals surface area contributed by atoms with Crippen molar-refractivity contribution in [2.45, 2.75) is 43.9 Å². The number of fused-ring (bicyclic) bond motifs is 1. The molecule has 1 aliphatic carbocycles. The highest BCUT2D eigenvalue weighted by Gasteiger charge is 2.30. The number of carbonyl (C=O) groups is 1. The Balaban J connectivity index is 1.61. The zero-order valence-electron chi connectivity index (χ0n) is 15.9. The van der Waals surface area contributed by atoms with E-state index in [0.29, 0.717) is 36.0 Å². The molecule has 2 heterocycles. The van der Waals surface area contributed by atoms with Crippen molar-refractivity contribution < 1.29 is 17.9 Å². The first-order valence-corrected chi connectivity index (χ1v) is 11.9. The lowest BCUT2D eigenvalue weighted by atomic mass is 10.2. The van der Waals surface area contributed by atoms with E-state index in [9.17, 15) is 13.2 Å². The van der Waals surface area contributed by atoms with Crippen LogP contribution < -0.4 is 10.1 Å². The Morgan fingerprint density at radius 3 is 2.68 bits per heavy atom. The lowest BCUT2D eigenvalue weighted by Crippen LogP contribution is -2.28. The standard InChI is InChI=1S/C20H24N2O4S2/c1-2-26-16-9-8-15(13-19(16)28(24,25)22-10-3-4-11-22)21-20(23)18-12-14-6-5-7-17(14)27-18/h8-9,12-13H,2-7,10-11H2,1H3,(H,21,23). The van der Waals surface area contributed by atoms with Crippen LogP contribution >= 0.6 is 11.3 Å². The van der Waals surface area contributed by atoms with Crippen LogP contribution in [0, 0.1) is 0 Å². The number of hydrogen-bond donors (Lipinski definition) is 1. The van der Waals surface area contributed by atoms with Gasteiger partial charge >= 0.3 is 0 Å². The third kappa shape index (κ3) is 3.68. The van der Waals surface area contributed by atoms with Gasteiger partial charge in [0.25, 0.3) is 5.91 Å². The number of rotatable bonds is 6. The number of benzene rings is 1. The van der Waals surface area contributed by atoms with E-state index in [1.165, 1.54) is 32.1 Å². The molecule has 4 rings (SSSR count). The van der Waals surface area contributed by atoms with Gasteiger partial charge in [0.05, 0.1) is 11.5 Å². The van der Waals surface area contributed by atoms with Gasteiger partial charge in [0, 0.05) is 23.7 Å². The van der Waals surface area contributed by atoms with Gasteiger partial charge < -0.3 is 10.1 Å². The fraction of sp³-hybridized carbons (Fsp3) is 0.450. The average molecular weight is 421 g/mol. The second-order valence-electron chi connectivity index (χ2n) is 7.07. The molecule has 1 aromatic heterocycles. The van der Waals surface area contributed by atoms with E-state index in [-0.39, 0.29) is 10.8 Å². The van der Waals surface area contributed by atoms with Crippen molar-refractivity contribution in [2.24, 2.45) is 0 Å². The van der Waals surface area contributed by atoms with Crippen LogP contribution in [0.4, 0.5) is 5.69 Å². The quantitative estimate of drug-likeness (QED) is 0.774. The van der Waals surface area contributed by atoms with Crippen LogP contribution in [0.1, 0.15) is 46.3 Å². The van der Waals surface area contributed by atoms with Crippen LogP contribution in [0.15, 0.2) is 29.2 Å². The van der Waals surface area contributed by atoms with Crippen molar-refractivity contribution in [1.29, 1.82) is 0 Å². The van der Waals surface area contributed by atoms with Crippen molar-refractivity contribution in [3.63, 3.8) is 0 Å². The number of carbonyl (C=O) groups excluding carboxylic acids is 1. The maximum absolute atomic E-state index is 13.1. The second-order valence-corrected chi connectivity index (χ2v) is 10.1. The summed E-state index contributed by atoms with van der Waals surface area (Å²) in [6, 6.07) is 6.78. The Labute approximate surface area is 169 Å². The largest absolute Gasteiger partial charge is 0.492 e. The summed E-state index contributed by atoms with van der Waals surface area (Å²) >= 11 is 1.53. The molecule has 0 saturated carbocycles. The van der Waals surface area contributed by atoms with Crippen LogP contribution in [0.25, 0.3) is 0 Å². The summed E-state index contributed by atoms with van der Waals surface area (Å²) in [5.41, 5.74) is 1.72. The zero-order valence-corrected chi connectivity index (χ0v) is 17.5. The Bertz CT molecular complexity index is 970. The Morgan fingerprint density at radius 2 is 1.96 bits per heavy atom. The predicted octanol–water partition coefficient (Wildman–Crippen LogP) is 3.67. The van der Waals surface area contributed by atoms with Crippen molar-refractivity contribution >= 4 is 33.0 Å². The van der Waals surface area contributed by atoms with Crippen molar-refractivity contribution in [3.05, 3.63) is 39.6 Å². The molecule has 1 N–H and O–H groups in total. The van der Waals surface area contributed by atoms with Crippen LogP contribution in [-0.2, 0) is 22.9 Å². The van der Waals surface area contributed by atoms with Crippen LogP contribution in [0.5, 0.6) is 5.75 Å². The minimum atomic E-state index is -3.65. The SMILES string of the molecule is CCOc1ccc(NC(=O)c2cc3c(s2)CCC3)cc1S(=O)(=O)N1CCCC1. The fourth-order valence-electron chi connectivity index (χ4n) is 3.76. The number of nitrogens with zero attached hydrogens (tertiary/aromatic N) is 1. The molecule has 1 fully saturated rings. The number of nitrogens with one attached hydrogen (secondary N) is 1. The summed E-state index contributed by atoms with van der Waals surface area (Å²) in [6.07, 6.45) is 4.94. The summed E-state index contributed by atoms with van der Waals surface area (Å²) in [4.78, 5) is 14.7. The molecule has 6 nitrogen and oxygen atoms in total. The van der Waals surface area contributed by atoms with E-state index in [1.54, 1.807) is 12.1 Å². The summed E-state index contributed by atoms with van der Waals surface area (Å²) in [5.74, 6) is 0.121. The first kappa shape index (κ1) is 19.4. The minimum Gasteiger partial charge on any atom is -0.492 e. The monoisotopic (exact) mass is 420 g/mol. The fourth-order valence-corrected chi connectivity index (χ4v) is 6.59. The molecule has 1 aromatic carbocycles. The summed E-state index contributed by atoms with van der Waals surface area (Å²) < 4.78 is 33.2. The minimum absolute atomic E-state index is 0.114. The molecule has 1 aliphatic heterocycles. The lowest BCUT2D eigenvalue weighted by molar-refractivity contribution is 0.103. The maximum atomic E-state index is 13.1. The van der Waals surface area contributed by atoms with E-state index in [4.69, 9.17) is 4.74 Å². The number of amides is 1. The van der Waals surface area contributed by atoms with E-state index in [2.05, 4.69) is 5.32 Å². The number of sulfonamides is 1. The molecule has 0 atom stereocenters. The number of ether oxygens (including phenoxy) is 1.